The summed E-state index contributed by atoms with van der Waals surface area (Å²) < 4.78 is 0. The summed E-state index contributed by atoms with van der Waals surface area (Å²) in [6.07, 6.45) is 0.795. The van der Waals surface area contributed by atoms with Crippen molar-refractivity contribution in [3.05, 3.63) is 16.7 Å². The van der Waals surface area contributed by atoms with Gasteiger partial charge in [0.05, 0.1) is 5.39 Å². The molecule has 0 saturated carbocycles. The van der Waals surface area contributed by atoms with Gasteiger partial charge < -0.3 is 5.32 Å². The summed E-state index contributed by atoms with van der Waals surface area (Å²) in [5.74, 6) is 6.63. The average Bonchev–Trinajstić information content (AvgIpc) is 2.72. The Kier molecular flexibility index (Phi) is 3.60. The molecule has 0 bridgehead atoms. The van der Waals surface area contributed by atoms with E-state index in [1.54, 1.807) is 11.3 Å². The molecule has 5 heteroatoms. The first-order valence-corrected chi connectivity index (χ1v) is 6.11. The quantitative estimate of drug-likeness (QED) is 0.517. The van der Waals surface area contributed by atoms with Gasteiger partial charge in [-0.05, 0) is 30.0 Å². The predicted molar refractivity (Wildman–Crippen MR) is 69.0 cm³/mol. The van der Waals surface area contributed by atoms with Gasteiger partial charge in [-0.25, -0.2) is 9.97 Å². The van der Waals surface area contributed by atoms with Crippen molar-refractivity contribution in [3.63, 3.8) is 0 Å². The molecule has 82 valence electrons. The second-order valence-electron chi connectivity index (χ2n) is 3.08. The van der Waals surface area contributed by atoms with Crippen LogP contribution in [0.25, 0.3) is 10.2 Å². The van der Waals surface area contributed by atoms with Crippen LogP contribution in [0.3, 0.4) is 0 Å². The highest BCUT2D eigenvalue weighted by Gasteiger charge is 2.06. The fourth-order valence-corrected chi connectivity index (χ4v) is 2.32. The fourth-order valence-electron chi connectivity index (χ4n) is 1.33. The van der Waals surface area contributed by atoms with E-state index < -0.39 is 0 Å². The van der Waals surface area contributed by atoms with Crippen LogP contribution in [-0.4, -0.2) is 16.5 Å². The molecular formula is C11H10ClN3S. The van der Waals surface area contributed by atoms with Crippen molar-refractivity contribution in [3.8, 4) is 11.8 Å². The maximum Gasteiger partial charge on any atom is 0.225 e. The first kappa shape index (κ1) is 11.2. The normalized spacial score (nSPS) is 9.88. The molecule has 2 aromatic heterocycles. The summed E-state index contributed by atoms with van der Waals surface area (Å²) in [6, 6.07) is 1.99. The van der Waals surface area contributed by atoms with E-state index in [0.29, 0.717) is 0 Å². The van der Waals surface area contributed by atoms with E-state index in [4.69, 9.17) is 11.6 Å². The van der Waals surface area contributed by atoms with Crippen molar-refractivity contribution in [1.82, 2.24) is 9.97 Å². The monoisotopic (exact) mass is 251 g/mol. The molecule has 1 N–H and O–H groups in total. The van der Waals surface area contributed by atoms with Gasteiger partial charge >= 0.3 is 0 Å². The van der Waals surface area contributed by atoms with E-state index in [1.807, 2.05) is 18.4 Å². The van der Waals surface area contributed by atoms with Crippen LogP contribution < -0.4 is 5.32 Å². The van der Waals surface area contributed by atoms with Gasteiger partial charge in [0, 0.05) is 13.0 Å². The van der Waals surface area contributed by atoms with Crippen LogP contribution in [0.2, 0.25) is 5.28 Å². The molecule has 0 aliphatic heterocycles. The van der Waals surface area contributed by atoms with Crippen LogP contribution in [0.5, 0.6) is 0 Å². The summed E-state index contributed by atoms with van der Waals surface area (Å²) in [6.45, 7) is 2.60. The number of nitrogens with zero attached hydrogens (tertiary/aromatic N) is 2. The highest BCUT2D eigenvalue weighted by Crippen LogP contribution is 2.26. The molecule has 0 aromatic carbocycles. The van der Waals surface area contributed by atoms with Gasteiger partial charge in [-0.1, -0.05) is 0 Å². The molecule has 0 fully saturated rings. The zero-order valence-electron chi connectivity index (χ0n) is 8.75. The number of thiophene rings is 1. The van der Waals surface area contributed by atoms with Crippen LogP contribution in [0.1, 0.15) is 13.3 Å². The van der Waals surface area contributed by atoms with Crippen LogP contribution in [0, 0.1) is 11.8 Å². The highest BCUT2D eigenvalue weighted by molar-refractivity contribution is 7.16. The van der Waals surface area contributed by atoms with Crippen molar-refractivity contribution in [2.24, 2.45) is 0 Å². The summed E-state index contributed by atoms with van der Waals surface area (Å²) in [4.78, 5) is 9.23. The number of rotatable bonds is 3. The lowest BCUT2D eigenvalue weighted by atomic mass is 10.3. The summed E-state index contributed by atoms with van der Waals surface area (Å²) >= 11 is 7.39. The van der Waals surface area contributed by atoms with E-state index in [9.17, 15) is 0 Å². The Balaban J connectivity index is 2.20. The minimum absolute atomic E-state index is 0.277. The van der Waals surface area contributed by atoms with E-state index >= 15 is 0 Å². The summed E-state index contributed by atoms with van der Waals surface area (Å²) in [5, 5.41) is 6.49. The van der Waals surface area contributed by atoms with Crippen molar-refractivity contribution in [2.45, 2.75) is 13.3 Å². The standard InChI is InChI=1S/C11H10ClN3S/c1-2-3-4-6-13-9-8-5-7-16-10(8)15-11(12)14-9/h5,7H,4,6H2,1H3,(H,13,14,15). The average molecular weight is 252 g/mol. The van der Waals surface area contributed by atoms with Crippen LogP contribution >= 0.6 is 22.9 Å². The molecule has 0 radical (unpaired) electrons. The number of hydrogen-bond donors (Lipinski definition) is 1. The molecule has 2 rings (SSSR count). The smallest absolute Gasteiger partial charge is 0.225 e. The molecule has 0 saturated heterocycles. The third-order valence-corrected chi connectivity index (χ3v) is 2.99. The lowest BCUT2D eigenvalue weighted by molar-refractivity contribution is 1.07. The molecule has 0 spiro atoms. The Bertz CT molecular complexity index is 553. The van der Waals surface area contributed by atoms with Crippen molar-refractivity contribution < 1.29 is 0 Å². The first-order chi connectivity index (χ1) is 7.81. The lowest BCUT2D eigenvalue weighted by Gasteiger charge is -2.04. The third kappa shape index (κ3) is 2.43. The van der Waals surface area contributed by atoms with Crippen molar-refractivity contribution >= 4 is 39.0 Å². The van der Waals surface area contributed by atoms with Gasteiger partial charge in [0.1, 0.15) is 10.6 Å². The Morgan fingerprint density at radius 3 is 3.19 bits per heavy atom. The Morgan fingerprint density at radius 2 is 2.38 bits per heavy atom. The fraction of sp³-hybridized carbons (Fsp3) is 0.273. The Labute approximate surface area is 103 Å². The van der Waals surface area contributed by atoms with Crippen molar-refractivity contribution in [2.75, 3.05) is 11.9 Å². The summed E-state index contributed by atoms with van der Waals surface area (Å²) in [5.41, 5.74) is 0. The molecule has 0 aliphatic carbocycles. The highest BCUT2D eigenvalue weighted by atomic mass is 35.5. The van der Waals surface area contributed by atoms with Gasteiger partial charge in [0.2, 0.25) is 5.28 Å². The third-order valence-electron chi connectivity index (χ3n) is 2.02. The lowest BCUT2D eigenvalue weighted by Crippen LogP contribution is -2.03. The first-order valence-electron chi connectivity index (χ1n) is 4.85. The zero-order chi connectivity index (χ0) is 11.4. The SMILES string of the molecule is CC#CCCNc1nc(Cl)nc2sccc12. The minimum atomic E-state index is 0.277. The van der Waals surface area contributed by atoms with Gasteiger partial charge in [-0.2, -0.15) is 0 Å². The Morgan fingerprint density at radius 1 is 1.50 bits per heavy atom. The summed E-state index contributed by atoms with van der Waals surface area (Å²) in [7, 11) is 0. The number of hydrogen-bond acceptors (Lipinski definition) is 4. The second kappa shape index (κ2) is 5.15. The van der Waals surface area contributed by atoms with E-state index in [0.717, 1.165) is 29.0 Å². The Hall–Kier alpha value is -1.31. The van der Waals surface area contributed by atoms with Gasteiger partial charge in [-0.3, -0.25) is 0 Å². The molecule has 0 unspecified atom stereocenters. The largest absolute Gasteiger partial charge is 0.368 e. The zero-order valence-corrected chi connectivity index (χ0v) is 10.3. The number of anilines is 1. The van der Waals surface area contributed by atoms with Crippen LogP contribution in [0.4, 0.5) is 5.82 Å². The molecule has 2 aromatic rings. The molecule has 16 heavy (non-hydrogen) atoms. The predicted octanol–water partition coefficient (Wildman–Crippen LogP) is 3.17. The molecule has 0 atom stereocenters. The van der Waals surface area contributed by atoms with Gasteiger partial charge in [-0.15, -0.1) is 23.2 Å². The van der Waals surface area contributed by atoms with Gasteiger partial charge in [0.25, 0.3) is 0 Å². The topological polar surface area (TPSA) is 37.8 Å². The van der Waals surface area contributed by atoms with Crippen LogP contribution in [-0.2, 0) is 0 Å². The van der Waals surface area contributed by atoms with Crippen molar-refractivity contribution in [1.29, 1.82) is 0 Å². The molecular weight excluding hydrogens is 242 g/mol. The van der Waals surface area contributed by atoms with E-state index in [2.05, 4.69) is 27.1 Å². The van der Waals surface area contributed by atoms with E-state index in [1.165, 1.54) is 0 Å². The molecule has 3 nitrogen and oxygen atoms in total. The molecule has 0 aliphatic rings. The molecule has 0 amide bonds. The van der Waals surface area contributed by atoms with E-state index in [-0.39, 0.29) is 5.28 Å². The van der Waals surface area contributed by atoms with Gasteiger partial charge in [0.15, 0.2) is 0 Å². The van der Waals surface area contributed by atoms with Crippen LogP contribution in [0.15, 0.2) is 11.4 Å². The maximum absolute atomic E-state index is 5.84. The second-order valence-corrected chi connectivity index (χ2v) is 4.32. The number of nitrogens with one attached hydrogen (secondary N) is 1. The number of halogens is 1. The minimum Gasteiger partial charge on any atom is -0.368 e. The number of fused-ring (bicyclic) bond motifs is 1. The number of aromatic nitrogens is 2. The maximum atomic E-state index is 5.84. The molecule has 2 heterocycles.